The Morgan fingerprint density at radius 3 is 1.49 bits per heavy atom. The molecule has 196 valence electrons. The van der Waals surface area contributed by atoms with E-state index in [0.717, 1.165) is 52.6 Å². The number of fused-ring (bicyclic) bond motifs is 4. The summed E-state index contributed by atoms with van der Waals surface area (Å²) < 4.78 is 0. The number of nitrogens with one attached hydrogen (secondary N) is 4. The highest BCUT2D eigenvalue weighted by molar-refractivity contribution is 7.80. The lowest BCUT2D eigenvalue weighted by atomic mass is 9.95. The largest absolute Gasteiger partial charge is 0.359 e. The van der Waals surface area contributed by atoms with E-state index < -0.39 is 0 Å². The number of halogens is 2. The van der Waals surface area contributed by atoms with Gasteiger partial charge in [-0.05, 0) is 128 Å². The van der Waals surface area contributed by atoms with E-state index >= 15 is 0 Å². The van der Waals surface area contributed by atoms with E-state index in [0.29, 0.717) is 32.4 Å². The number of hydrogen-bond acceptors (Lipinski definition) is 2. The van der Waals surface area contributed by atoms with Crippen LogP contribution in [0.1, 0.15) is 62.5 Å². The summed E-state index contributed by atoms with van der Waals surface area (Å²) in [6.45, 7) is 0. The number of anilines is 2. The molecule has 0 unspecified atom stereocenters. The highest BCUT2D eigenvalue weighted by Gasteiger charge is 2.40. The summed E-state index contributed by atoms with van der Waals surface area (Å²) in [6.07, 6.45) is 11.3. The standard InChI is InChI=1S/C29H34Cl2N4S2/c30-22-12-16(3-7-24(22)32-28(36)34-26-14-18-1-5-20(26)10-18)9-17-4-8-25(23(31)13-17)33-29(37)35-27-15-19-2-6-21(27)11-19/h3-4,7-8,12-13,18-21,26-27H,1-2,5-6,9-11,14-15H2,(H2,32,34,36)(H2,33,35,37)/t18-,19-,20-,21-,26-,27-/m1/s1. The number of benzene rings is 2. The summed E-state index contributed by atoms with van der Waals surface area (Å²) >= 11 is 24.4. The normalized spacial score (nSPS) is 29.4. The molecular weight excluding hydrogens is 539 g/mol. The topological polar surface area (TPSA) is 48.1 Å². The van der Waals surface area contributed by atoms with Crippen molar-refractivity contribution in [2.24, 2.45) is 23.7 Å². The van der Waals surface area contributed by atoms with E-state index in [1.54, 1.807) is 0 Å². The number of rotatable bonds is 6. The van der Waals surface area contributed by atoms with Crippen molar-refractivity contribution in [1.29, 1.82) is 0 Å². The van der Waals surface area contributed by atoms with E-state index in [9.17, 15) is 0 Å². The Kier molecular flexibility index (Phi) is 7.54. The van der Waals surface area contributed by atoms with Crippen LogP contribution in [0.2, 0.25) is 10.0 Å². The van der Waals surface area contributed by atoms with Crippen LogP contribution >= 0.6 is 47.6 Å². The lowest BCUT2D eigenvalue weighted by molar-refractivity contribution is 0.392. The molecule has 0 spiro atoms. The second kappa shape index (κ2) is 10.9. The summed E-state index contributed by atoms with van der Waals surface area (Å²) in [6, 6.07) is 13.2. The van der Waals surface area contributed by atoms with Crippen molar-refractivity contribution in [3.63, 3.8) is 0 Å². The second-order valence-electron chi connectivity index (χ2n) is 11.6. The Morgan fingerprint density at radius 1 is 0.676 bits per heavy atom. The Balaban J connectivity index is 1.02. The average Bonchev–Trinajstić information content (AvgIpc) is 3.65. The first-order chi connectivity index (χ1) is 17.9. The van der Waals surface area contributed by atoms with Gasteiger partial charge in [0.15, 0.2) is 10.2 Å². The van der Waals surface area contributed by atoms with Crippen LogP contribution in [-0.2, 0) is 6.42 Å². The third-order valence-corrected chi connectivity index (χ3v) is 10.1. The molecule has 0 aromatic heterocycles. The summed E-state index contributed by atoms with van der Waals surface area (Å²) in [5.41, 5.74) is 3.90. The van der Waals surface area contributed by atoms with Crippen molar-refractivity contribution >= 4 is 69.2 Å². The van der Waals surface area contributed by atoms with Gasteiger partial charge in [0, 0.05) is 12.1 Å². The second-order valence-corrected chi connectivity index (χ2v) is 13.2. The van der Waals surface area contributed by atoms with Crippen LogP contribution < -0.4 is 21.3 Å². The molecule has 0 amide bonds. The smallest absolute Gasteiger partial charge is 0.171 e. The first kappa shape index (κ1) is 25.7. The van der Waals surface area contributed by atoms with Gasteiger partial charge in [0.25, 0.3) is 0 Å². The molecule has 6 rings (SSSR count). The van der Waals surface area contributed by atoms with Crippen molar-refractivity contribution in [3.05, 3.63) is 57.6 Å². The van der Waals surface area contributed by atoms with Gasteiger partial charge in [0.1, 0.15) is 0 Å². The van der Waals surface area contributed by atoms with Crippen LogP contribution in [0, 0.1) is 23.7 Å². The number of thiocarbonyl (C=S) groups is 2. The third kappa shape index (κ3) is 5.88. The molecule has 2 aromatic carbocycles. The fourth-order valence-electron chi connectivity index (χ4n) is 7.27. The highest BCUT2D eigenvalue weighted by atomic mass is 35.5. The predicted octanol–water partition coefficient (Wildman–Crippen LogP) is 7.53. The molecule has 8 heteroatoms. The molecule has 4 fully saturated rings. The first-order valence-corrected chi connectivity index (χ1v) is 15.2. The summed E-state index contributed by atoms with van der Waals surface area (Å²) in [7, 11) is 0. The molecule has 0 radical (unpaired) electrons. The fraction of sp³-hybridized carbons (Fsp3) is 0.517. The van der Waals surface area contributed by atoms with Crippen LogP contribution in [0.3, 0.4) is 0 Å². The Hall–Kier alpha value is -1.60. The molecule has 4 saturated carbocycles. The van der Waals surface area contributed by atoms with Crippen LogP contribution in [0.25, 0.3) is 0 Å². The molecule has 0 heterocycles. The fourth-order valence-corrected chi connectivity index (χ4v) is 8.30. The molecule has 4 N–H and O–H groups in total. The van der Waals surface area contributed by atoms with Crippen LogP contribution in [-0.4, -0.2) is 22.3 Å². The lowest BCUT2D eigenvalue weighted by Crippen LogP contribution is -2.40. The quantitative estimate of drug-likeness (QED) is 0.268. The van der Waals surface area contributed by atoms with Gasteiger partial charge in [0.05, 0.1) is 21.4 Å². The van der Waals surface area contributed by atoms with Gasteiger partial charge < -0.3 is 21.3 Å². The summed E-state index contributed by atoms with van der Waals surface area (Å²) in [4.78, 5) is 0. The lowest BCUT2D eigenvalue weighted by Gasteiger charge is -2.25. The van der Waals surface area contributed by atoms with Crippen LogP contribution in [0.15, 0.2) is 36.4 Å². The zero-order chi connectivity index (χ0) is 25.5. The monoisotopic (exact) mass is 572 g/mol. The molecule has 4 nitrogen and oxygen atoms in total. The Morgan fingerprint density at radius 2 is 1.14 bits per heavy atom. The van der Waals surface area contributed by atoms with Crippen molar-refractivity contribution < 1.29 is 0 Å². The maximum atomic E-state index is 6.62. The van der Waals surface area contributed by atoms with Gasteiger partial charge in [-0.25, -0.2) is 0 Å². The van der Waals surface area contributed by atoms with Crippen molar-refractivity contribution in [2.75, 3.05) is 10.6 Å². The Bertz CT molecular complexity index is 1110. The van der Waals surface area contributed by atoms with Crippen molar-refractivity contribution in [1.82, 2.24) is 10.6 Å². The molecule has 2 aromatic rings. The minimum atomic E-state index is 0.502. The predicted molar refractivity (Wildman–Crippen MR) is 163 cm³/mol. The zero-order valence-electron chi connectivity index (χ0n) is 20.9. The number of hydrogen-bond donors (Lipinski definition) is 4. The minimum Gasteiger partial charge on any atom is -0.359 e. The van der Waals surface area contributed by atoms with Gasteiger partial charge in [-0.1, -0.05) is 48.2 Å². The molecule has 4 aliphatic rings. The van der Waals surface area contributed by atoms with Gasteiger partial charge in [-0.15, -0.1) is 0 Å². The van der Waals surface area contributed by atoms with Crippen molar-refractivity contribution in [2.45, 2.75) is 69.9 Å². The third-order valence-electron chi connectivity index (χ3n) is 9.08. The van der Waals surface area contributed by atoms with Gasteiger partial charge in [0.2, 0.25) is 0 Å². The maximum absolute atomic E-state index is 6.62. The first-order valence-electron chi connectivity index (χ1n) is 13.6. The van der Waals surface area contributed by atoms with Gasteiger partial charge in [-0.3, -0.25) is 0 Å². The maximum Gasteiger partial charge on any atom is 0.171 e. The molecule has 0 aliphatic heterocycles. The Labute approximate surface area is 240 Å². The average molecular weight is 574 g/mol. The molecule has 37 heavy (non-hydrogen) atoms. The van der Waals surface area contributed by atoms with E-state index in [-0.39, 0.29) is 0 Å². The van der Waals surface area contributed by atoms with Crippen LogP contribution in [0.5, 0.6) is 0 Å². The van der Waals surface area contributed by atoms with E-state index in [1.165, 1.54) is 51.4 Å². The van der Waals surface area contributed by atoms with E-state index in [2.05, 4.69) is 33.4 Å². The summed E-state index contributed by atoms with van der Waals surface area (Å²) in [5, 5.41) is 16.3. The van der Waals surface area contributed by atoms with E-state index in [4.69, 9.17) is 47.6 Å². The zero-order valence-corrected chi connectivity index (χ0v) is 24.0. The molecule has 6 atom stereocenters. The van der Waals surface area contributed by atoms with Gasteiger partial charge >= 0.3 is 0 Å². The van der Waals surface area contributed by atoms with Gasteiger partial charge in [-0.2, -0.15) is 0 Å². The van der Waals surface area contributed by atoms with Crippen molar-refractivity contribution in [3.8, 4) is 0 Å². The SMILES string of the molecule is S=C(Nc1ccc(Cc2ccc(NC(=S)N[C@@H]3C[C@@H]4CC[C@@H]3C4)c(Cl)c2)cc1Cl)N[C@@H]1C[C@@H]2CC[C@@H]1C2. The molecular formula is C29H34Cl2N4S2. The van der Waals surface area contributed by atoms with E-state index in [1.807, 2.05) is 24.3 Å². The molecule has 4 bridgehead atoms. The highest BCUT2D eigenvalue weighted by Crippen LogP contribution is 2.45. The minimum absolute atomic E-state index is 0.502. The molecule has 4 aliphatic carbocycles. The summed E-state index contributed by atoms with van der Waals surface area (Å²) in [5.74, 6) is 3.30. The molecule has 0 saturated heterocycles. The van der Waals surface area contributed by atoms with Crippen LogP contribution in [0.4, 0.5) is 11.4 Å².